The molecule has 0 radical (unpaired) electrons. The van der Waals surface area contributed by atoms with Crippen LogP contribution in [0.2, 0.25) is 0 Å². The van der Waals surface area contributed by atoms with Gasteiger partial charge in [-0.2, -0.15) is 0 Å². The van der Waals surface area contributed by atoms with Crippen LogP contribution in [0.15, 0.2) is 45.8 Å². The predicted molar refractivity (Wildman–Crippen MR) is 99.3 cm³/mol. The number of benzene rings is 2. The average Bonchev–Trinajstić information content (AvgIpc) is 3.10. The van der Waals surface area contributed by atoms with E-state index in [1.165, 1.54) is 13.2 Å². The molecule has 27 heavy (non-hydrogen) atoms. The van der Waals surface area contributed by atoms with E-state index in [1.54, 1.807) is 30.3 Å². The summed E-state index contributed by atoms with van der Waals surface area (Å²) in [7, 11) is 0. The lowest BCUT2D eigenvalue weighted by molar-refractivity contribution is -0.131. The molecule has 3 aromatic rings. The monoisotopic (exact) mass is 366 g/mol. The lowest BCUT2D eigenvalue weighted by Crippen LogP contribution is -2.08. The molecular weight excluding hydrogens is 348 g/mol. The summed E-state index contributed by atoms with van der Waals surface area (Å²) in [5.41, 5.74) is 2.15. The van der Waals surface area contributed by atoms with E-state index in [2.05, 4.69) is 0 Å². The molecule has 2 aromatic carbocycles. The zero-order valence-corrected chi connectivity index (χ0v) is 15.0. The molecule has 4 rings (SSSR count). The number of rotatable bonds is 4. The van der Waals surface area contributed by atoms with Crippen LogP contribution in [-0.2, 0) is 11.2 Å². The normalized spacial score (nSPS) is 12.4. The van der Waals surface area contributed by atoms with Gasteiger partial charge in [-0.05, 0) is 35.7 Å². The molecule has 6 heteroatoms. The van der Waals surface area contributed by atoms with Gasteiger partial charge in [0.1, 0.15) is 17.6 Å². The fourth-order valence-corrected chi connectivity index (χ4v) is 3.18. The molecule has 0 bridgehead atoms. The van der Waals surface area contributed by atoms with Crippen molar-refractivity contribution in [2.45, 2.75) is 26.7 Å². The molecule has 0 spiro atoms. The highest BCUT2D eigenvalue weighted by molar-refractivity contribution is 5.85. The highest BCUT2D eigenvalue weighted by Crippen LogP contribution is 2.36. The minimum absolute atomic E-state index is 0.151. The molecule has 0 atom stereocenters. The number of esters is 1. The fourth-order valence-electron chi connectivity index (χ4n) is 3.18. The molecule has 0 amide bonds. The van der Waals surface area contributed by atoms with E-state index < -0.39 is 5.97 Å². The van der Waals surface area contributed by atoms with Gasteiger partial charge in [0.15, 0.2) is 11.5 Å². The molecule has 0 fully saturated rings. The van der Waals surface area contributed by atoms with Crippen molar-refractivity contribution in [1.82, 2.24) is 0 Å². The molecule has 0 aliphatic carbocycles. The van der Waals surface area contributed by atoms with Crippen LogP contribution in [-0.4, -0.2) is 12.8 Å². The first-order valence-electron chi connectivity index (χ1n) is 8.73. The number of carbonyl (C=O) groups is 1. The maximum atomic E-state index is 13.1. The molecule has 1 aromatic heterocycles. The molecule has 0 N–H and O–H groups in total. The molecule has 0 unspecified atom stereocenters. The maximum absolute atomic E-state index is 13.1. The second kappa shape index (κ2) is 6.79. The zero-order valence-electron chi connectivity index (χ0n) is 15.0. The van der Waals surface area contributed by atoms with Gasteiger partial charge in [0.25, 0.3) is 0 Å². The van der Waals surface area contributed by atoms with Crippen molar-refractivity contribution in [2.75, 3.05) is 6.79 Å². The van der Waals surface area contributed by atoms with Crippen LogP contribution in [0, 0.1) is 0 Å². The Morgan fingerprint density at radius 1 is 1.15 bits per heavy atom. The van der Waals surface area contributed by atoms with Crippen LogP contribution in [0.1, 0.15) is 25.8 Å². The maximum Gasteiger partial charge on any atom is 0.308 e. The summed E-state index contributed by atoms with van der Waals surface area (Å²) in [4.78, 5) is 24.4. The Morgan fingerprint density at radius 2 is 1.96 bits per heavy atom. The van der Waals surface area contributed by atoms with Gasteiger partial charge < -0.3 is 18.6 Å². The first kappa shape index (κ1) is 17.1. The summed E-state index contributed by atoms with van der Waals surface area (Å²) in [5, 5.41) is 0.449. The Kier molecular flexibility index (Phi) is 4.32. The van der Waals surface area contributed by atoms with Crippen LogP contribution >= 0.6 is 0 Å². The Hall–Kier alpha value is -3.28. The van der Waals surface area contributed by atoms with Crippen molar-refractivity contribution in [3.8, 4) is 28.4 Å². The summed E-state index contributed by atoms with van der Waals surface area (Å²) in [6.07, 6.45) is 2.96. The standard InChI is InChI=1S/C21H18O6/c1-3-4-14-7-15-19(9-18(14)27-12(2)22)24-10-16(21(15)23)13-5-6-17-20(8-13)26-11-25-17/h5-10H,3-4,11H2,1-2H3. The van der Waals surface area contributed by atoms with Crippen LogP contribution in [0.3, 0.4) is 0 Å². The SMILES string of the molecule is CCCc1cc2c(=O)c(-c3ccc4c(c3)OCO4)coc2cc1OC(C)=O. The van der Waals surface area contributed by atoms with Crippen molar-refractivity contribution in [3.05, 3.63) is 52.4 Å². The van der Waals surface area contributed by atoms with Crippen molar-refractivity contribution < 1.29 is 23.4 Å². The molecule has 1 aliphatic heterocycles. The molecule has 0 saturated heterocycles. The Bertz CT molecular complexity index is 1100. The third kappa shape index (κ3) is 3.14. The minimum Gasteiger partial charge on any atom is -0.463 e. The molecule has 0 saturated carbocycles. The lowest BCUT2D eigenvalue weighted by atomic mass is 10.0. The molecule has 138 valence electrons. The number of carbonyl (C=O) groups excluding carboxylic acids is 1. The summed E-state index contributed by atoms with van der Waals surface area (Å²) in [5.74, 6) is 1.27. The third-order valence-corrected chi connectivity index (χ3v) is 4.41. The summed E-state index contributed by atoms with van der Waals surface area (Å²) >= 11 is 0. The summed E-state index contributed by atoms with van der Waals surface area (Å²) < 4.78 is 21.7. The first-order chi connectivity index (χ1) is 13.1. The van der Waals surface area contributed by atoms with E-state index in [0.29, 0.717) is 45.8 Å². The number of fused-ring (bicyclic) bond motifs is 2. The quantitative estimate of drug-likeness (QED) is 0.512. The highest BCUT2D eigenvalue weighted by Gasteiger charge is 2.18. The molecule has 2 heterocycles. The number of hydrogen-bond donors (Lipinski definition) is 0. The Balaban J connectivity index is 1.86. The average molecular weight is 366 g/mol. The number of hydrogen-bond acceptors (Lipinski definition) is 6. The highest BCUT2D eigenvalue weighted by atomic mass is 16.7. The van der Waals surface area contributed by atoms with E-state index in [1.807, 2.05) is 6.92 Å². The van der Waals surface area contributed by atoms with E-state index in [4.69, 9.17) is 18.6 Å². The second-order valence-electron chi connectivity index (χ2n) is 6.35. The number of ether oxygens (including phenoxy) is 3. The summed E-state index contributed by atoms with van der Waals surface area (Å²) in [6.45, 7) is 3.54. The van der Waals surface area contributed by atoms with Crippen molar-refractivity contribution in [2.24, 2.45) is 0 Å². The van der Waals surface area contributed by atoms with Crippen LogP contribution in [0.25, 0.3) is 22.1 Å². The van der Waals surface area contributed by atoms with Gasteiger partial charge >= 0.3 is 5.97 Å². The third-order valence-electron chi connectivity index (χ3n) is 4.41. The molecule has 6 nitrogen and oxygen atoms in total. The van der Waals surface area contributed by atoms with Gasteiger partial charge in [-0.3, -0.25) is 9.59 Å². The van der Waals surface area contributed by atoms with Gasteiger partial charge in [0, 0.05) is 13.0 Å². The largest absolute Gasteiger partial charge is 0.463 e. The van der Waals surface area contributed by atoms with Gasteiger partial charge in [-0.1, -0.05) is 19.4 Å². The predicted octanol–water partition coefficient (Wildman–Crippen LogP) is 4.07. The van der Waals surface area contributed by atoms with Crippen molar-refractivity contribution in [3.63, 3.8) is 0 Å². The fraction of sp³-hybridized carbons (Fsp3) is 0.238. The summed E-state index contributed by atoms with van der Waals surface area (Å²) in [6, 6.07) is 8.69. The zero-order chi connectivity index (χ0) is 19.0. The van der Waals surface area contributed by atoms with Crippen LogP contribution in [0.5, 0.6) is 17.2 Å². The second-order valence-corrected chi connectivity index (χ2v) is 6.35. The first-order valence-corrected chi connectivity index (χ1v) is 8.73. The van der Waals surface area contributed by atoms with Gasteiger partial charge in [-0.25, -0.2) is 0 Å². The van der Waals surface area contributed by atoms with Crippen molar-refractivity contribution >= 4 is 16.9 Å². The lowest BCUT2D eigenvalue weighted by Gasteiger charge is -2.10. The van der Waals surface area contributed by atoms with E-state index in [0.717, 1.165) is 12.0 Å². The van der Waals surface area contributed by atoms with Gasteiger partial charge in [-0.15, -0.1) is 0 Å². The van der Waals surface area contributed by atoms with Gasteiger partial charge in [0.2, 0.25) is 12.2 Å². The van der Waals surface area contributed by atoms with Crippen molar-refractivity contribution in [1.29, 1.82) is 0 Å². The molecule has 1 aliphatic rings. The Morgan fingerprint density at radius 3 is 2.74 bits per heavy atom. The van der Waals surface area contributed by atoms with E-state index >= 15 is 0 Å². The Labute approximate surface area is 155 Å². The van der Waals surface area contributed by atoms with Crippen LogP contribution in [0.4, 0.5) is 0 Å². The minimum atomic E-state index is -0.411. The number of aryl methyl sites for hydroxylation is 1. The molecular formula is C21H18O6. The van der Waals surface area contributed by atoms with Crippen LogP contribution < -0.4 is 19.6 Å². The van der Waals surface area contributed by atoms with E-state index in [-0.39, 0.29) is 12.2 Å². The smallest absolute Gasteiger partial charge is 0.308 e. The van der Waals surface area contributed by atoms with Gasteiger partial charge in [0.05, 0.1) is 10.9 Å². The topological polar surface area (TPSA) is 75.0 Å². The van der Waals surface area contributed by atoms with E-state index in [9.17, 15) is 9.59 Å².